The number of nitrogens with two attached hydrogens (primary N) is 1. The van der Waals surface area contributed by atoms with Crippen LogP contribution in [0.15, 0.2) is 0 Å². The van der Waals surface area contributed by atoms with Crippen LogP contribution in [0, 0.1) is 0 Å². The first-order valence-corrected chi connectivity index (χ1v) is 7.50. The van der Waals surface area contributed by atoms with Crippen molar-refractivity contribution in [2.45, 2.75) is 77.0 Å². The Bertz CT molecular complexity index is 155. The van der Waals surface area contributed by atoms with Crippen molar-refractivity contribution in [3.8, 4) is 0 Å². The van der Waals surface area contributed by atoms with Gasteiger partial charge < -0.3 is 21.3 Å². The third-order valence-electron chi connectivity index (χ3n) is 3.37. The maximum atomic E-state index is 8.97. The van der Waals surface area contributed by atoms with Gasteiger partial charge in [-0.05, 0) is 45.1 Å². The molecule has 0 aromatic rings. The average molecular weight is 260 g/mol. The molecule has 0 bridgehead atoms. The minimum Gasteiger partial charge on any atom is -0.395 e. The van der Waals surface area contributed by atoms with Crippen molar-refractivity contribution < 1.29 is 10.2 Å². The summed E-state index contributed by atoms with van der Waals surface area (Å²) in [6, 6.07) is 0.752. The number of aliphatic hydroxyl groups excluding tert-OH is 2. The van der Waals surface area contributed by atoms with Crippen molar-refractivity contribution in [3.05, 3.63) is 0 Å². The van der Waals surface area contributed by atoms with Crippen LogP contribution >= 0.6 is 0 Å². The Morgan fingerprint density at radius 3 is 2.00 bits per heavy atom. The molecule has 1 heterocycles. The first-order valence-electron chi connectivity index (χ1n) is 7.50. The van der Waals surface area contributed by atoms with E-state index >= 15 is 0 Å². The highest BCUT2D eigenvalue weighted by atomic mass is 16.3. The topological polar surface area (TPSA) is 78.5 Å². The van der Waals surface area contributed by atoms with Gasteiger partial charge in [0.05, 0.1) is 12.7 Å². The van der Waals surface area contributed by atoms with Gasteiger partial charge in [0.1, 0.15) is 0 Å². The number of aliphatic hydroxyl groups is 2. The number of rotatable bonds is 1. The molecule has 1 aliphatic heterocycles. The van der Waals surface area contributed by atoms with Gasteiger partial charge in [-0.15, -0.1) is 0 Å². The van der Waals surface area contributed by atoms with E-state index in [0.29, 0.717) is 18.7 Å². The van der Waals surface area contributed by atoms with Gasteiger partial charge in [-0.25, -0.2) is 0 Å². The quantitative estimate of drug-likeness (QED) is 0.574. The van der Waals surface area contributed by atoms with Crippen LogP contribution in [0.1, 0.15) is 58.8 Å². The van der Waals surface area contributed by atoms with E-state index in [0.717, 1.165) is 38.6 Å². The fourth-order valence-electron chi connectivity index (χ4n) is 2.18. The Hall–Kier alpha value is -0.160. The molecule has 1 saturated carbocycles. The van der Waals surface area contributed by atoms with E-state index in [2.05, 4.69) is 5.32 Å². The van der Waals surface area contributed by atoms with Crippen molar-refractivity contribution >= 4 is 0 Å². The molecule has 2 rings (SSSR count). The molecule has 1 saturated heterocycles. The molecule has 110 valence electrons. The van der Waals surface area contributed by atoms with E-state index in [9.17, 15) is 0 Å². The molecule has 4 heteroatoms. The summed E-state index contributed by atoms with van der Waals surface area (Å²) in [5.74, 6) is 0. The Morgan fingerprint density at radius 1 is 1.06 bits per heavy atom. The average Bonchev–Trinajstić information content (AvgIpc) is 2.46. The van der Waals surface area contributed by atoms with Gasteiger partial charge in [0.15, 0.2) is 0 Å². The van der Waals surface area contributed by atoms with Crippen molar-refractivity contribution in [2.75, 3.05) is 13.2 Å². The molecule has 0 radical (unpaired) electrons. The van der Waals surface area contributed by atoms with Crippen LogP contribution in [-0.4, -0.2) is 41.6 Å². The summed E-state index contributed by atoms with van der Waals surface area (Å²) in [7, 11) is 0. The maximum Gasteiger partial charge on any atom is 0.0584 e. The second-order valence-electron chi connectivity index (χ2n) is 4.90. The van der Waals surface area contributed by atoms with Gasteiger partial charge >= 0.3 is 0 Å². The zero-order valence-electron chi connectivity index (χ0n) is 12.1. The monoisotopic (exact) mass is 260 g/mol. The normalized spacial score (nSPS) is 31.5. The third-order valence-corrected chi connectivity index (χ3v) is 3.37. The Morgan fingerprint density at radius 2 is 1.67 bits per heavy atom. The summed E-state index contributed by atoms with van der Waals surface area (Å²) < 4.78 is 0. The lowest BCUT2D eigenvalue weighted by molar-refractivity contribution is 0.123. The first kappa shape index (κ1) is 17.8. The van der Waals surface area contributed by atoms with Crippen LogP contribution in [0.4, 0.5) is 0 Å². The predicted molar refractivity (Wildman–Crippen MR) is 76.5 cm³/mol. The molecule has 2 fully saturated rings. The first-order chi connectivity index (χ1) is 8.72. The molecule has 18 heavy (non-hydrogen) atoms. The number of hydrogen-bond donors (Lipinski definition) is 4. The van der Waals surface area contributed by atoms with Gasteiger partial charge in [-0.2, -0.15) is 0 Å². The fraction of sp³-hybridized carbons (Fsp3) is 1.00. The van der Waals surface area contributed by atoms with Crippen LogP contribution in [0.2, 0.25) is 0 Å². The second-order valence-corrected chi connectivity index (χ2v) is 4.90. The molecule has 1 aliphatic carbocycles. The van der Waals surface area contributed by atoms with Crippen molar-refractivity contribution in [3.63, 3.8) is 0 Å². The summed E-state index contributed by atoms with van der Waals surface area (Å²) in [4.78, 5) is 0. The maximum absolute atomic E-state index is 8.97. The zero-order chi connectivity index (χ0) is 13.8. The highest BCUT2D eigenvalue weighted by molar-refractivity contribution is 4.72. The highest BCUT2D eigenvalue weighted by Gasteiger charge is 2.14. The SMILES string of the molecule is CC.NC1CCC(O)CC1.OCC1CCCCN1. The lowest BCUT2D eigenvalue weighted by atomic mass is 9.94. The highest BCUT2D eigenvalue weighted by Crippen LogP contribution is 2.15. The van der Waals surface area contributed by atoms with Gasteiger partial charge in [0.25, 0.3) is 0 Å². The smallest absolute Gasteiger partial charge is 0.0584 e. The minimum atomic E-state index is -0.0604. The van der Waals surface area contributed by atoms with Gasteiger partial charge in [-0.3, -0.25) is 0 Å². The summed E-state index contributed by atoms with van der Waals surface area (Å²) >= 11 is 0. The van der Waals surface area contributed by atoms with Gasteiger partial charge in [-0.1, -0.05) is 20.3 Å². The Balaban J connectivity index is 0.000000283. The zero-order valence-corrected chi connectivity index (χ0v) is 12.1. The Kier molecular flexibility index (Phi) is 11.8. The van der Waals surface area contributed by atoms with Crippen LogP contribution in [-0.2, 0) is 0 Å². The van der Waals surface area contributed by atoms with E-state index in [1.54, 1.807) is 0 Å². The summed E-state index contributed by atoms with van der Waals surface area (Å²) in [5.41, 5.74) is 5.59. The van der Waals surface area contributed by atoms with E-state index in [-0.39, 0.29) is 6.10 Å². The minimum absolute atomic E-state index is 0.0604. The van der Waals surface area contributed by atoms with Crippen LogP contribution in [0.3, 0.4) is 0 Å². The standard InChI is InChI=1S/2C6H13NO.C2H6/c7-5-1-3-6(8)4-2-5;8-5-6-3-1-2-4-7-6;1-2/h5-6,8H,1-4,7H2;6-8H,1-5H2;1-2H3. The van der Waals surface area contributed by atoms with Crippen molar-refractivity contribution in [1.29, 1.82) is 0 Å². The molecule has 4 nitrogen and oxygen atoms in total. The molecule has 0 spiro atoms. The molecular weight excluding hydrogens is 228 g/mol. The van der Waals surface area contributed by atoms with Gasteiger partial charge in [0, 0.05) is 12.1 Å². The van der Waals surface area contributed by atoms with E-state index in [4.69, 9.17) is 15.9 Å². The van der Waals surface area contributed by atoms with E-state index in [1.807, 2.05) is 13.8 Å². The number of hydrogen-bond acceptors (Lipinski definition) is 4. The molecule has 0 aromatic heterocycles. The fourth-order valence-corrected chi connectivity index (χ4v) is 2.18. The van der Waals surface area contributed by atoms with Crippen LogP contribution in [0.25, 0.3) is 0 Å². The summed E-state index contributed by atoms with van der Waals surface area (Å²) in [6.07, 6.45) is 7.45. The molecule has 0 amide bonds. The van der Waals surface area contributed by atoms with E-state index < -0.39 is 0 Å². The predicted octanol–water partition coefficient (Wildman–Crippen LogP) is 1.40. The van der Waals surface area contributed by atoms with Crippen LogP contribution < -0.4 is 11.1 Å². The number of nitrogens with one attached hydrogen (secondary N) is 1. The summed E-state index contributed by atoms with van der Waals surface area (Å²) in [6.45, 7) is 5.39. The van der Waals surface area contributed by atoms with E-state index in [1.165, 1.54) is 12.8 Å². The number of piperidine rings is 1. The Labute approximate surface area is 112 Å². The third kappa shape index (κ3) is 8.86. The molecule has 1 unspecified atom stereocenters. The van der Waals surface area contributed by atoms with Crippen LogP contribution in [0.5, 0.6) is 0 Å². The molecule has 0 aromatic carbocycles. The largest absolute Gasteiger partial charge is 0.395 e. The van der Waals surface area contributed by atoms with Crippen molar-refractivity contribution in [1.82, 2.24) is 5.32 Å². The second kappa shape index (κ2) is 11.9. The summed E-state index contributed by atoms with van der Waals surface area (Å²) in [5, 5.41) is 20.8. The molecular formula is C14H32N2O2. The molecule has 2 aliphatic rings. The lowest BCUT2D eigenvalue weighted by Crippen LogP contribution is -2.36. The lowest BCUT2D eigenvalue weighted by Gasteiger charge is -2.21. The molecule has 5 N–H and O–H groups in total. The van der Waals surface area contributed by atoms with Gasteiger partial charge in [0.2, 0.25) is 0 Å². The molecule has 1 atom stereocenters. The van der Waals surface area contributed by atoms with Crippen molar-refractivity contribution in [2.24, 2.45) is 5.73 Å².